The zero-order valence-corrected chi connectivity index (χ0v) is 49.5. The number of carboxylic acid groups (broad SMARTS) is 1. The van der Waals surface area contributed by atoms with Gasteiger partial charge in [-0.25, -0.2) is 4.79 Å². The lowest BCUT2D eigenvalue weighted by molar-refractivity contribution is -0.399. The van der Waals surface area contributed by atoms with Gasteiger partial charge in [0.25, 0.3) is 0 Å². The van der Waals surface area contributed by atoms with Gasteiger partial charge in [-0.1, -0.05) is 60.1 Å². The third-order valence-electron chi connectivity index (χ3n) is 22.7. The summed E-state index contributed by atoms with van der Waals surface area (Å²) in [4.78, 5) is 28.0. The molecular weight excluding hydrogens is 1140 g/mol. The fourth-order valence-electron chi connectivity index (χ4n) is 17.5. The zero-order chi connectivity index (χ0) is 62.9. The maximum absolute atomic E-state index is 14.9. The lowest BCUT2D eigenvalue weighted by Gasteiger charge is -2.71. The normalized spacial score (nSPS) is 53.6. The molecule has 0 aromatic heterocycles. The van der Waals surface area contributed by atoms with E-state index in [9.17, 15) is 91.3 Å². The van der Waals surface area contributed by atoms with E-state index in [2.05, 4.69) is 40.7 Å². The molecule has 5 aliphatic heterocycles. The number of aliphatic hydroxyl groups is 15. The van der Waals surface area contributed by atoms with E-state index in [4.69, 9.17) is 47.4 Å². The summed E-state index contributed by atoms with van der Waals surface area (Å²) in [6.07, 6.45) is -37.7. The fourth-order valence-corrected chi connectivity index (χ4v) is 17.5. The molecule has 0 unspecified atom stereocenters. The molecule has 492 valence electrons. The summed E-state index contributed by atoms with van der Waals surface area (Å²) in [6, 6.07) is 0. The molecule has 86 heavy (non-hydrogen) atoms. The molecule has 0 aromatic rings. The van der Waals surface area contributed by atoms with Crippen LogP contribution in [0.4, 0.5) is 0 Å². The van der Waals surface area contributed by atoms with Crippen molar-refractivity contribution in [2.45, 2.75) is 260 Å². The Kier molecular flexibility index (Phi) is 18.8. The average molecular weight is 1240 g/mol. The molecule has 0 aromatic carbocycles. The van der Waals surface area contributed by atoms with Crippen LogP contribution < -0.4 is 0 Å². The van der Waals surface area contributed by atoms with Crippen LogP contribution in [-0.4, -0.2) is 274 Å². The van der Waals surface area contributed by atoms with Crippen molar-refractivity contribution in [3.05, 3.63) is 11.6 Å². The van der Waals surface area contributed by atoms with Gasteiger partial charge in [-0.2, -0.15) is 0 Å². The molecule has 16 N–H and O–H groups in total. The van der Waals surface area contributed by atoms with E-state index >= 15 is 0 Å². The van der Waals surface area contributed by atoms with E-state index in [0.29, 0.717) is 44.9 Å². The second-order valence-electron chi connectivity index (χ2n) is 28.3. The molecule has 0 amide bonds. The highest BCUT2D eigenvalue weighted by Gasteiger charge is 2.72. The van der Waals surface area contributed by atoms with Gasteiger partial charge in [0.05, 0.1) is 38.6 Å². The van der Waals surface area contributed by atoms with E-state index in [1.807, 2.05) is 13.8 Å². The van der Waals surface area contributed by atoms with Crippen molar-refractivity contribution < 1.29 is 139 Å². The molecule has 9 fully saturated rings. The predicted molar refractivity (Wildman–Crippen MR) is 285 cm³/mol. The summed E-state index contributed by atoms with van der Waals surface area (Å²) >= 11 is 0. The third-order valence-corrected chi connectivity index (χ3v) is 22.7. The fraction of sp³-hybridized carbons (Fsp3) is 0.931. The molecule has 10 rings (SSSR count). The Morgan fingerprint density at radius 2 is 1.12 bits per heavy atom. The van der Waals surface area contributed by atoms with Crippen molar-refractivity contribution in [2.75, 3.05) is 26.4 Å². The summed E-state index contributed by atoms with van der Waals surface area (Å²) in [5, 5.41) is 174. The zero-order valence-electron chi connectivity index (χ0n) is 49.5. The molecule has 4 saturated carbocycles. The molecule has 5 heterocycles. The number of allylic oxidation sites excluding steroid dienone is 2. The summed E-state index contributed by atoms with van der Waals surface area (Å²) in [5.41, 5.74) is -3.11. The van der Waals surface area contributed by atoms with Gasteiger partial charge < -0.3 is 129 Å². The van der Waals surface area contributed by atoms with Gasteiger partial charge in [0.15, 0.2) is 31.3 Å². The Morgan fingerprint density at radius 1 is 0.547 bits per heavy atom. The number of fused-ring (bicyclic) bond motifs is 7. The van der Waals surface area contributed by atoms with E-state index in [1.54, 1.807) is 0 Å². The van der Waals surface area contributed by atoms with Crippen molar-refractivity contribution in [1.29, 1.82) is 0 Å². The van der Waals surface area contributed by atoms with Crippen molar-refractivity contribution in [3.63, 3.8) is 0 Å². The SMILES string of the molecule is CC1(C)CC[C@]2(C(=O)O[C@@H]3O[C@H](CO)[C@@H](O)[C@H](O)[C@H]3O)[C@H](O)C[C@]3(C)C(=CC[C@@H]4[C@@]5(C)CC[C@H](O[C@@H]6O[C@H](C(=O)O)[C@@H](O)[C@H](O[C@@H]7OC[C@H](O)[C@H](O)[C@H]7O[C@@H]7OC[C@@H](O)[C@H](O)[C@H]7O)[C@H]6O[C@@H]6O[C@H](CO)[C@H](O)[C@H](O)[C@H]6O)C(C)(C)[C@@H]5CC[C@]43C)[C@H]2C1. The molecule has 32 atom stereocenters. The molecule has 28 heteroatoms. The smallest absolute Gasteiger partial charge is 0.335 e. The largest absolute Gasteiger partial charge is 0.479 e. The van der Waals surface area contributed by atoms with Crippen LogP contribution in [-0.2, 0) is 57.0 Å². The minimum Gasteiger partial charge on any atom is -0.479 e. The predicted octanol–water partition coefficient (Wildman–Crippen LogP) is -3.87. The van der Waals surface area contributed by atoms with Gasteiger partial charge in [-0.3, -0.25) is 4.79 Å². The van der Waals surface area contributed by atoms with E-state index in [-0.39, 0.29) is 30.1 Å². The number of hydrogen-bond donors (Lipinski definition) is 16. The van der Waals surface area contributed by atoms with Crippen LogP contribution >= 0.6 is 0 Å². The average Bonchev–Trinajstić information content (AvgIpc) is 0.680. The molecular formula is C58H92O28. The van der Waals surface area contributed by atoms with Crippen LogP contribution in [0.15, 0.2) is 11.6 Å². The summed E-state index contributed by atoms with van der Waals surface area (Å²) in [7, 11) is 0. The molecule has 28 nitrogen and oxygen atoms in total. The number of ether oxygens (including phenoxy) is 10. The van der Waals surface area contributed by atoms with Gasteiger partial charge in [0.2, 0.25) is 6.29 Å². The van der Waals surface area contributed by atoms with Crippen LogP contribution in [0, 0.1) is 50.2 Å². The molecule has 5 saturated heterocycles. The first-order valence-corrected chi connectivity index (χ1v) is 30.2. The minimum atomic E-state index is -2.22. The number of aliphatic hydroxyl groups excluding tert-OH is 15. The lowest BCUT2D eigenvalue weighted by Crippen LogP contribution is -2.69. The monoisotopic (exact) mass is 1240 g/mol. The quantitative estimate of drug-likeness (QED) is 0.0477. The number of esters is 1. The van der Waals surface area contributed by atoms with Crippen LogP contribution in [0.25, 0.3) is 0 Å². The number of aliphatic carboxylic acids is 1. The molecule has 10 aliphatic rings. The van der Waals surface area contributed by atoms with Crippen molar-refractivity contribution in [3.8, 4) is 0 Å². The van der Waals surface area contributed by atoms with Crippen molar-refractivity contribution >= 4 is 11.9 Å². The maximum atomic E-state index is 14.9. The van der Waals surface area contributed by atoms with E-state index < -0.39 is 225 Å². The summed E-state index contributed by atoms with van der Waals surface area (Å²) in [5.74, 6) is -3.17. The molecule has 0 bridgehead atoms. The number of rotatable bonds is 13. The standard InChI is InChI=1S/C58H92O28/c1-53(2)14-15-58(52(76)86-49-40(72)37(69)35(67)27(19-60)80-49)23(16-53)22-8-9-29-55(5)12-11-31(54(3,4)28(55)10-13-56(29,6)57(22,7)17-30(58)63)81-51-45(85-48-39(71)36(68)34(66)26(18-59)79-48)42(41(73)43(83-51)46(74)75)82-50-44(33(65)25(62)21-78-50)84-47-38(70)32(64)24(61)20-77-47/h8,23-45,47-51,59-73H,9-21H2,1-7H3,(H,74,75)/t23-,24-,25+,26-,27-,28+,29-,30-,31+,32+,33+,34+,35-,36+,37+,38-,39-,40-,41+,42+,43+,44-,45-,47+,48+,49+,50+,51-,55+,56-,57-,58-/m1/s1. The van der Waals surface area contributed by atoms with Gasteiger partial charge >= 0.3 is 11.9 Å². The highest BCUT2D eigenvalue weighted by Crippen LogP contribution is 2.76. The van der Waals surface area contributed by atoms with Crippen molar-refractivity contribution in [1.82, 2.24) is 0 Å². The maximum Gasteiger partial charge on any atom is 0.335 e. The van der Waals surface area contributed by atoms with Crippen LogP contribution in [0.1, 0.15) is 106 Å². The van der Waals surface area contributed by atoms with Crippen molar-refractivity contribution in [2.24, 2.45) is 50.2 Å². The number of carbonyl (C=O) groups is 2. The number of carboxylic acids is 1. The molecule has 0 spiro atoms. The summed E-state index contributed by atoms with van der Waals surface area (Å²) in [6.45, 7) is 12.2. The van der Waals surface area contributed by atoms with Gasteiger partial charge in [0, 0.05) is 0 Å². The topological polar surface area (TPSA) is 450 Å². The number of hydrogen-bond acceptors (Lipinski definition) is 27. The Morgan fingerprint density at radius 3 is 1.74 bits per heavy atom. The van der Waals surface area contributed by atoms with Crippen LogP contribution in [0.2, 0.25) is 0 Å². The second kappa shape index (κ2) is 24.3. The third kappa shape index (κ3) is 10.9. The second-order valence-corrected chi connectivity index (χ2v) is 28.3. The van der Waals surface area contributed by atoms with Gasteiger partial charge in [0.1, 0.15) is 109 Å². The van der Waals surface area contributed by atoms with E-state index in [1.165, 1.54) is 0 Å². The van der Waals surface area contributed by atoms with Crippen LogP contribution in [0.3, 0.4) is 0 Å². The van der Waals surface area contributed by atoms with Crippen LogP contribution in [0.5, 0.6) is 0 Å². The first-order valence-electron chi connectivity index (χ1n) is 30.2. The van der Waals surface area contributed by atoms with Gasteiger partial charge in [-0.05, 0) is 103 Å². The number of carbonyl (C=O) groups excluding carboxylic acids is 1. The Balaban J connectivity index is 0.947. The lowest BCUT2D eigenvalue weighted by atomic mass is 9.33. The minimum absolute atomic E-state index is 0.0226. The first kappa shape index (κ1) is 66.6. The molecule has 5 aliphatic carbocycles. The Bertz CT molecular complexity index is 2450. The van der Waals surface area contributed by atoms with E-state index in [0.717, 1.165) is 5.57 Å². The summed E-state index contributed by atoms with van der Waals surface area (Å²) < 4.78 is 60.1. The highest BCUT2D eigenvalue weighted by molar-refractivity contribution is 5.80. The Hall–Kier alpha value is -2.28. The Labute approximate surface area is 497 Å². The molecule has 0 radical (unpaired) electrons. The highest BCUT2D eigenvalue weighted by atomic mass is 16.8. The van der Waals surface area contributed by atoms with Gasteiger partial charge in [-0.15, -0.1) is 0 Å². The first-order chi connectivity index (χ1) is 40.2.